The normalized spacial score (nSPS) is 24.3. The molecule has 0 radical (unpaired) electrons. The van der Waals surface area contributed by atoms with E-state index in [9.17, 15) is 9.59 Å². The monoisotopic (exact) mass is 215 g/mol. The van der Waals surface area contributed by atoms with E-state index in [4.69, 9.17) is 9.84 Å². The Hall–Kier alpha value is -1.10. The van der Waals surface area contributed by atoms with E-state index in [1.165, 1.54) is 0 Å². The van der Waals surface area contributed by atoms with Gasteiger partial charge in [-0.1, -0.05) is 0 Å². The van der Waals surface area contributed by atoms with E-state index < -0.39 is 11.9 Å². The van der Waals surface area contributed by atoms with Crippen molar-refractivity contribution in [1.82, 2.24) is 5.32 Å². The molecule has 1 saturated carbocycles. The highest BCUT2D eigenvalue weighted by Crippen LogP contribution is 2.34. The minimum Gasteiger partial charge on any atom is -0.481 e. The van der Waals surface area contributed by atoms with Gasteiger partial charge in [-0.25, -0.2) is 0 Å². The molecule has 2 N–H and O–H groups in total. The van der Waals surface area contributed by atoms with Gasteiger partial charge in [-0.15, -0.1) is 0 Å². The van der Waals surface area contributed by atoms with Gasteiger partial charge in [-0.2, -0.15) is 0 Å². The lowest BCUT2D eigenvalue weighted by Gasteiger charge is -2.31. The van der Waals surface area contributed by atoms with Crippen LogP contribution in [-0.2, 0) is 14.3 Å². The number of hydrogen-bond acceptors (Lipinski definition) is 3. The third-order valence-corrected chi connectivity index (χ3v) is 2.68. The van der Waals surface area contributed by atoms with Crippen molar-refractivity contribution in [2.45, 2.75) is 19.8 Å². The van der Waals surface area contributed by atoms with E-state index in [2.05, 4.69) is 5.32 Å². The van der Waals surface area contributed by atoms with Crippen molar-refractivity contribution in [3.63, 3.8) is 0 Å². The number of carbonyl (C=O) groups is 2. The summed E-state index contributed by atoms with van der Waals surface area (Å²) < 4.78 is 5.06. The molecule has 0 aromatic rings. The van der Waals surface area contributed by atoms with Crippen LogP contribution in [-0.4, -0.2) is 36.7 Å². The zero-order valence-electron chi connectivity index (χ0n) is 8.86. The average molecular weight is 215 g/mol. The Balaban J connectivity index is 2.20. The van der Waals surface area contributed by atoms with E-state index in [1.807, 2.05) is 6.92 Å². The molecule has 1 aliphatic carbocycles. The molecule has 0 saturated heterocycles. The quantitative estimate of drug-likeness (QED) is 0.623. The minimum absolute atomic E-state index is 0.159. The number of aliphatic carboxylic acids is 1. The highest BCUT2D eigenvalue weighted by molar-refractivity contribution is 5.86. The standard InChI is InChI=1S/C10H17NO4/c1-2-15-6-5-11-9(12)7-3-4-8(7)10(13)14/h7-8H,2-6H2,1H3,(H,11,12)(H,13,14). The molecule has 2 unspecified atom stereocenters. The number of ether oxygens (including phenoxy) is 1. The first-order valence-electron chi connectivity index (χ1n) is 5.25. The van der Waals surface area contributed by atoms with Gasteiger partial charge < -0.3 is 15.2 Å². The molecule has 0 aliphatic heterocycles. The second-order valence-corrected chi connectivity index (χ2v) is 3.62. The Labute approximate surface area is 88.8 Å². The van der Waals surface area contributed by atoms with Crippen LogP contribution in [0.3, 0.4) is 0 Å². The van der Waals surface area contributed by atoms with Gasteiger partial charge in [0.2, 0.25) is 5.91 Å². The van der Waals surface area contributed by atoms with Gasteiger partial charge in [0.15, 0.2) is 0 Å². The summed E-state index contributed by atoms with van der Waals surface area (Å²) in [5.41, 5.74) is 0. The van der Waals surface area contributed by atoms with Crippen LogP contribution in [0.2, 0.25) is 0 Å². The smallest absolute Gasteiger partial charge is 0.307 e. The Bertz CT molecular complexity index is 242. The summed E-state index contributed by atoms with van der Waals surface area (Å²) >= 11 is 0. The number of nitrogens with one attached hydrogen (secondary N) is 1. The van der Waals surface area contributed by atoms with E-state index >= 15 is 0 Å². The Morgan fingerprint density at radius 3 is 2.53 bits per heavy atom. The molecule has 0 aromatic heterocycles. The van der Waals surface area contributed by atoms with Crippen LogP contribution in [0.1, 0.15) is 19.8 Å². The lowest BCUT2D eigenvalue weighted by atomic mass is 9.73. The summed E-state index contributed by atoms with van der Waals surface area (Å²) in [4.78, 5) is 22.1. The highest BCUT2D eigenvalue weighted by Gasteiger charge is 2.41. The maximum atomic E-state index is 11.5. The summed E-state index contributed by atoms with van der Waals surface area (Å²) in [5.74, 6) is -1.86. The zero-order chi connectivity index (χ0) is 11.3. The van der Waals surface area contributed by atoms with Crippen LogP contribution >= 0.6 is 0 Å². The number of carboxylic acid groups (broad SMARTS) is 1. The predicted molar refractivity (Wildman–Crippen MR) is 53.4 cm³/mol. The summed E-state index contributed by atoms with van der Waals surface area (Å²) in [5, 5.41) is 11.4. The van der Waals surface area contributed by atoms with Crippen LogP contribution in [0.4, 0.5) is 0 Å². The van der Waals surface area contributed by atoms with Gasteiger partial charge >= 0.3 is 5.97 Å². The molecule has 15 heavy (non-hydrogen) atoms. The van der Waals surface area contributed by atoms with Gasteiger partial charge in [0.1, 0.15) is 0 Å². The first-order chi connectivity index (χ1) is 7.16. The van der Waals surface area contributed by atoms with Gasteiger partial charge in [-0.05, 0) is 19.8 Å². The third kappa shape index (κ3) is 3.20. The second-order valence-electron chi connectivity index (χ2n) is 3.62. The van der Waals surface area contributed by atoms with Crippen LogP contribution in [0.5, 0.6) is 0 Å². The van der Waals surface area contributed by atoms with Crippen molar-refractivity contribution in [2.24, 2.45) is 11.8 Å². The SMILES string of the molecule is CCOCCNC(=O)C1CCC1C(=O)O. The minimum atomic E-state index is -0.869. The van der Waals surface area contributed by atoms with Crippen LogP contribution < -0.4 is 5.32 Å². The fourth-order valence-corrected chi connectivity index (χ4v) is 1.63. The molecule has 1 amide bonds. The van der Waals surface area contributed by atoms with E-state index in [0.29, 0.717) is 32.6 Å². The lowest BCUT2D eigenvalue weighted by molar-refractivity contribution is -0.152. The average Bonchev–Trinajstić information content (AvgIpc) is 2.09. The number of carboxylic acids is 1. The molecule has 0 heterocycles. The molecule has 5 heteroatoms. The molecule has 1 fully saturated rings. The van der Waals surface area contributed by atoms with Gasteiger partial charge in [0.05, 0.1) is 18.4 Å². The van der Waals surface area contributed by atoms with Crippen molar-refractivity contribution >= 4 is 11.9 Å². The van der Waals surface area contributed by atoms with Crippen LogP contribution in [0.25, 0.3) is 0 Å². The van der Waals surface area contributed by atoms with Crippen molar-refractivity contribution in [3.8, 4) is 0 Å². The maximum absolute atomic E-state index is 11.5. The maximum Gasteiger partial charge on any atom is 0.307 e. The van der Waals surface area contributed by atoms with Crippen molar-refractivity contribution in [1.29, 1.82) is 0 Å². The molecular weight excluding hydrogens is 198 g/mol. The van der Waals surface area contributed by atoms with Crippen molar-refractivity contribution in [2.75, 3.05) is 19.8 Å². The fourth-order valence-electron chi connectivity index (χ4n) is 1.63. The molecule has 2 atom stereocenters. The first-order valence-corrected chi connectivity index (χ1v) is 5.25. The molecular formula is C10H17NO4. The van der Waals surface area contributed by atoms with Crippen molar-refractivity contribution in [3.05, 3.63) is 0 Å². The zero-order valence-corrected chi connectivity index (χ0v) is 8.86. The number of rotatable bonds is 6. The van der Waals surface area contributed by atoms with Crippen molar-refractivity contribution < 1.29 is 19.4 Å². The molecule has 1 rings (SSSR count). The Kier molecular flexibility index (Phi) is 4.55. The van der Waals surface area contributed by atoms with Gasteiger partial charge in [0.25, 0.3) is 0 Å². The third-order valence-electron chi connectivity index (χ3n) is 2.68. The number of amides is 1. The van der Waals surface area contributed by atoms with Gasteiger partial charge in [0, 0.05) is 13.2 Å². The summed E-state index contributed by atoms with van der Waals surface area (Å²) in [7, 11) is 0. The topological polar surface area (TPSA) is 75.6 Å². The van der Waals surface area contributed by atoms with E-state index in [0.717, 1.165) is 0 Å². The summed E-state index contributed by atoms with van der Waals surface area (Å²) in [6.45, 7) is 3.44. The largest absolute Gasteiger partial charge is 0.481 e. The highest BCUT2D eigenvalue weighted by atomic mass is 16.5. The molecule has 0 aromatic carbocycles. The molecule has 1 aliphatic rings. The number of hydrogen-bond donors (Lipinski definition) is 2. The second kappa shape index (κ2) is 5.70. The first kappa shape index (κ1) is 12.0. The Morgan fingerprint density at radius 1 is 1.40 bits per heavy atom. The predicted octanol–water partition coefficient (Wildman–Crippen LogP) is 0.250. The Morgan fingerprint density at radius 2 is 2.07 bits per heavy atom. The van der Waals surface area contributed by atoms with E-state index in [-0.39, 0.29) is 11.8 Å². The lowest BCUT2D eigenvalue weighted by Crippen LogP contribution is -2.44. The molecule has 0 spiro atoms. The van der Waals surface area contributed by atoms with Gasteiger partial charge in [-0.3, -0.25) is 9.59 Å². The summed E-state index contributed by atoms with van der Waals surface area (Å²) in [6.07, 6.45) is 1.29. The summed E-state index contributed by atoms with van der Waals surface area (Å²) in [6, 6.07) is 0. The molecule has 86 valence electrons. The van der Waals surface area contributed by atoms with E-state index in [1.54, 1.807) is 0 Å². The van der Waals surface area contributed by atoms with Crippen LogP contribution in [0.15, 0.2) is 0 Å². The van der Waals surface area contributed by atoms with Crippen LogP contribution in [0, 0.1) is 11.8 Å². The fraction of sp³-hybridized carbons (Fsp3) is 0.800. The molecule has 0 bridgehead atoms. The molecule has 5 nitrogen and oxygen atoms in total. The number of carbonyl (C=O) groups excluding carboxylic acids is 1.